The molecule has 1 saturated heterocycles. The zero-order valence-corrected chi connectivity index (χ0v) is 8.82. The molecule has 1 heterocycles. The van der Waals surface area contributed by atoms with E-state index in [9.17, 15) is 5.11 Å². The molecule has 0 aromatic heterocycles. The van der Waals surface area contributed by atoms with Crippen LogP contribution in [0.1, 0.15) is 26.2 Å². The second-order valence-corrected chi connectivity index (χ2v) is 3.83. The minimum absolute atomic E-state index is 0.0665. The second-order valence-electron chi connectivity index (χ2n) is 3.83. The van der Waals surface area contributed by atoms with Crippen molar-refractivity contribution < 1.29 is 14.6 Å². The first-order valence-electron chi connectivity index (χ1n) is 5.28. The third-order valence-electron chi connectivity index (χ3n) is 2.51. The molecule has 0 radical (unpaired) electrons. The van der Waals surface area contributed by atoms with Crippen LogP contribution in [0.25, 0.3) is 0 Å². The van der Waals surface area contributed by atoms with Gasteiger partial charge in [-0.15, -0.1) is 6.58 Å². The molecule has 1 aliphatic rings. The zero-order chi connectivity index (χ0) is 10.4. The Morgan fingerprint density at radius 3 is 3.00 bits per heavy atom. The first kappa shape index (κ1) is 11.7. The molecule has 3 atom stereocenters. The molecule has 1 fully saturated rings. The van der Waals surface area contributed by atoms with Crippen LogP contribution in [-0.4, -0.2) is 30.7 Å². The van der Waals surface area contributed by atoms with Crippen molar-refractivity contribution in [2.24, 2.45) is 5.92 Å². The van der Waals surface area contributed by atoms with Gasteiger partial charge in [-0.05, 0) is 19.3 Å². The summed E-state index contributed by atoms with van der Waals surface area (Å²) in [4.78, 5) is 0. The maximum atomic E-state index is 9.42. The van der Waals surface area contributed by atoms with E-state index in [1.54, 1.807) is 0 Å². The smallest absolute Gasteiger partial charge is 0.157 e. The molecule has 0 saturated carbocycles. The molecule has 0 aromatic rings. The van der Waals surface area contributed by atoms with Crippen molar-refractivity contribution in [3.8, 4) is 0 Å². The minimum atomic E-state index is -0.487. The Balaban J connectivity index is 2.15. The molecule has 3 nitrogen and oxygen atoms in total. The Kier molecular flexibility index (Phi) is 5.15. The fraction of sp³-hybridized carbons (Fsp3) is 0.818. The van der Waals surface area contributed by atoms with Gasteiger partial charge in [0.2, 0.25) is 0 Å². The van der Waals surface area contributed by atoms with Gasteiger partial charge in [0.1, 0.15) is 0 Å². The van der Waals surface area contributed by atoms with E-state index in [-0.39, 0.29) is 12.2 Å². The molecule has 0 aliphatic carbocycles. The lowest BCUT2D eigenvalue weighted by Gasteiger charge is -2.25. The third kappa shape index (κ3) is 3.78. The van der Waals surface area contributed by atoms with Gasteiger partial charge in [-0.2, -0.15) is 0 Å². The Labute approximate surface area is 85.7 Å². The molecule has 3 heteroatoms. The first-order valence-corrected chi connectivity index (χ1v) is 5.28. The van der Waals surface area contributed by atoms with Gasteiger partial charge in [-0.3, -0.25) is 0 Å². The lowest BCUT2D eigenvalue weighted by atomic mass is 10.1. The van der Waals surface area contributed by atoms with Crippen LogP contribution >= 0.6 is 0 Å². The van der Waals surface area contributed by atoms with Crippen LogP contribution < -0.4 is 0 Å². The lowest BCUT2D eigenvalue weighted by Crippen LogP contribution is -2.27. The van der Waals surface area contributed by atoms with Crippen LogP contribution in [-0.2, 0) is 9.47 Å². The summed E-state index contributed by atoms with van der Waals surface area (Å²) < 4.78 is 10.9. The average Bonchev–Trinajstić information content (AvgIpc) is 2.26. The summed E-state index contributed by atoms with van der Waals surface area (Å²) in [5.74, 6) is 0.0815. The average molecular weight is 200 g/mol. The molecule has 1 N–H and O–H groups in total. The third-order valence-corrected chi connectivity index (χ3v) is 2.51. The van der Waals surface area contributed by atoms with E-state index in [0.717, 1.165) is 19.4 Å². The lowest BCUT2D eigenvalue weighted by molar-refractivity contribution is -0.171. The van der Waals surface area contributed by atoms with Crippen molar-refractivity contribution in [3.05, 3.63) is 12.7 Å². The highest BCUT2D eigenvalue weighted by Gasteiger charge is 2.17. The van der Waals surface area contributed by atoms with Crippen molar-refractivity contribution >= 4 is 0 Å². The predicted octanol–water partition coefficient (Wildman–Crippen LogP) is 1.71. The summed E-state index contributed by atoms with van der Waals surface area (Å²) in [6.45, 7) is 6.80. The molecule has 0 spiro atoms. The fourth-order valence-corrected chi connectivity index (χ4v) is 1.43. The van der Waals surface area contributed by atoms with E-state index < -0.39 is 6.10 Å². The van der Waals surface area contributed by atoms with Gasteiger partial charge in [-0.25, -0.2) is 0 Å². The standard InChI is InChI=1S/C11H20O3/c1-3-10(12)9(2)8-14-11-6-4-5-7-13-11/h3,9-12H,1,4-8H2,2H3/t9-,10+,11?/m0/s1. The van der Waals surface area contributed by atoms with Crippen LogP contribution in [0.3, 0.4) is 0 Å². The van der Waals surface area contributed by atoms with E-state index in [1.165, 1.54) is 12.5 Å². The van der Waals surface area contributed by atoms with Gasteiger partial charge in [0.25, 0.3) is 0 Å². The summed E-state index contributed by atoms with van der Waals surface area (Å²) in [5.41, 5.74) is 0. The van der Waals surface area contributed by atoms with Gasteiger partial charge < -0.3 is 14.6 Å². The van der Waals surface area contributed by atoms with Gasteiger partial charge in [0.05, 0.1) is 12.7 Å². The Hall–Kier alpha value is -0.380. The van der Waals surface area contributed by atoms with E-state index in [4.69, 9.17) is 9.47 Å². The van der Waals surface area contributed by atoms with Crippen molar-refractivity contribution in [1.82, 2.24) is 0 Å². The highest BCUT2D eigenvalue weighted by Crippen LogP contribution is 2.15. The molecule has 0 amide bonds. The topological polar surface area (TPSA) is 38.7 Å². The summed E-state index contributed by atoms with van der Waals surface area (Å²) >= 11 is 0. The van der Waals surface area contributed by atoms with Crippen molar-refractivity contribution in [1.29, 1.82) is 0 Å². The normalized spacial score (nSPS) is 26.9. The van der Waals surface area contributed by atoms with E-state index in [0.29, 0.717) is 6.61 Å². The van der Waals surface area contributed by atoms with Gasteiger partial charge in [0.15, 0.2) is 6.29 Å². The summed E-state index contributed by atoms with van der Waals surface area (Å²) in [6, 6.07) is 0. The van der Waals surface area contributed by atoms with E-state index in [2.05, 4.69) is 6.58 Å². The molecule has 1 unspecified atom stereocenters. The number of rotatable bonds is 5. The summed E-state index contributed by atoms with van der Waals surface area (Å²) in [6.07, 6.45) is 4.25. The largest absolute Gasteiger partial charge is 0.389 e. The molecule has 82 valence electrons. The number of aliphatic hydroxyl groups excluding tert-OH is 1. The van der Waals surface area contributed by atoms with E-state index in [1.807, 2.05) is 6.92 Å². The Morgan fingerprint density at radius 2 is 2.43 bits per heavy atom. The van der Waals surface area contributed by atoms with Crippen molar-refractivity contribution in [3.63, 3.8) is 0 Å². The monoisotopic (exact) mass is 200 g/mol. The molecule has 1 aliphatic heterocycles. The molecular weight excluding hydrogens is 180 g/mol. The minimum Gasteiger partial charge on any atom is -0.389 e. The first-order chi connectivity index (χ1) is 6.74. The maximum Gasteiger partial charge on any atom is 0.157 e. The number of hydrogen-bond donors (Lipinski definition) is 1. The van der Waals surface area contributed by atoms with Gasteiger partial charge >= 0.3 is 0 Å². The Morgan fingerprint density at radius 1 is 1.64 bits per heavy atom. The zero-order valence-electron chi connectivity index (χ0n) is 8.82. The van der Waals surface area contributed by atoms with Crippen LogP contribution in [0.4, 0.5) is 0 Å². The van der Waals surface area contributed by atoms with E-state index >= 15 is 0 Å². The second kappa shape index (κ2) is 6.17. The number of aliphatic hydroxyl groups is 1. The van der Waals surface area contributed by atoms with Crippen molar-refractivity contribution in [2.45, 2.75) is 38.6 Å². The van der Waals surface area contributed by atoms with Crippen molar-refractivity contribution in [2.75, 3.05) is 13.2 Å². The number of hydrogen-bond acceptors (Lipinski definition) is 3. The van der Waals surface area contributed by atoms with Crippen LogP contribution in [0.15, 0.2) is 12.7 Å². The Bertz CT molecular complexity index is 164. The van der Waals surface area contributed by atoms with Crippen LogP contribution in [0.5, 0.6) is 0 Å². The fourth-order valence-electron chi connectivity index (χ4n) is 1.43. The molecule has 0 aromatic carbocycles. The summed E-state index contributed by atoms with van der Waals surface area (Å²) in [5, 5.41) is 9.42. The number of ether oxygens (including phenoxy) is 2. The molecule has 0 bridgehead atoms. The maximum absolute atomic E-state index is 9.42. The van der Waals surface area contributed by atoms with Crippen LogP contribution in [0.2, 0.25) is 0 Å². The SMILES string of the molecule is C=C[C@@H](O)[C@@H](C)COC1CCCCO1. The molecule has 14 heavy (non-hydrogen) atoms. The quantitative estimate of drug-likeness (QED) is 0.687. The molecular formula is C11H20O3. The predicted molar refractivity (Wildman–Crippen MR) is 54.9 cm³/mol. The highest BCUT2D eigenvalue weighted by atomic mass is 16.7. The van der Waals surface area contributed by atoms with Gasteiger partial charge in [-0.1, -0.05) is 13.0 Å². The summed E-state index contributed by atoms with van der Waals surface area (Å²) in [7, 11) is 0. The highest BCUT2D eigenvalue weighted by molar-refractivity contribution is 4.82. The van der Waals surface area contributed by atoms with Gasteiger partial charge in [0, 0.05) is 12.5 Å². The van der Waals surface area contributed by atoms with Crippen LogP contribution in [0, 0.1) is 5.92 Å². The molecule has 1 rings (SSSR count).